The highest BCUT2D eigenvalue weighted by molar-refractivity contribution is 5.94. The van der Waals surface area contributed by atoms with Crippen LogP contribution in [-0.4, -0.2) is 36.6 Å². The minimum absolute atomic E-state index is 0.0744. The van der Waals surface area contributed by atoms with Crippen molar-refractivity contribution in [1.82, 2.24) is 9.38 Å². The van der Waals surface area contributed by atoms with Crippen LogP contribution in [0.1, 0.15) is 22.7 Å². The van der Waals surface area contributed by atoms with E-state index in [1.165, 1.54) is 22.7 Å². The van der Waals surface area contributed by atoms with E-state index in [1.807, 2.05) is 0 Å². The Labute approximate surface area is 101 Å². The first kappa shape index (κ1) is 11.9. The van der Waals surface area contributed by atoms with Crippen molar-refractivity contribution in [2.45, 2.75) is 12.8 Å². The lowest BCUT2D eigenvalue weighted by Crippen LogP contribution is -2.01. The van der Waals surface area contributed by atoms with Crippen LogP contribution < -0.4 is 0 Å². The molecule has 2 rings (SSSR count). The van der Waals surface area contributed by atoms with E-state index in [4.69, 9.17) is 10.2 Å². The molecule has 0 aromatic carbocycles. The summed E-state index contributed by atoms with van der Waals surface area (Å²) in [7, 11) is 0. The van der Waals surface area contributed by atoms with Crippen molar-refractivity contribution in [1.29, 1.82) is 0 Å². The number of carbonyl (C=O) groups is 2. The number of pyridine rings is 1. The average Bonchev–Trinajstić information content (AvgIpc) is 2.64. The van der Waals surface area contributed by atoms with Gasteiger partial charge in [0.05, 0.1) is 11.9 Å². The van der Waals surface area contributed by atoms with Gasteiger partial charge in [-0.2, -0.15) is 0 Å². The summed E-state index contributed by atoms with van der Waals surface area (Å²) in [6.45, 7) is 0. The maximum absolute atomic E-state index is 11.0. The molecule has 0 radical (unpaired) electrons. The minimum atomic E-state index is -1.22. The molecule has 0 atom stereocenters. The second-order valence-corrected chi connectivity index (χ2v) is 3.72. The first-order valence-electron chi connectivity index (χ1n) is 5.14. The number of hydrogen-bond acceptors (Lipinski definition) is 4. The summed E-state index contributed by atoms with van der Waals surface area (Å²) < 4.78 is 1.46. The smallest absolute Gasteiger partial charge is 0.356 e. The van der Waals surface area contributed by atoms with Crippen molar-refractivity contribution in [3.05, 3.63) is 29.8 Å². The van der Waals surface area contributed by atoms with Crippen molar-refractivity contribution in [3.63, 3.8) is 0 Å². The monoisotopic (exact) mass is 250 g/mol. The van der Waals surface area contributed by atoms with E-state index < -0.39 is 11.9 Å². The normalized spacial score (nSPS) is 10.7. The number of imidazole rings is 1. The molecule has 0 amide bonds. The van der Waals surface area contributed by atoms with Gasteiger partial charge in [0.25, 0.3) is 0 Å². The van der Waals surface area contributed by atoms with Crippen molar-refractivity contribution >= 4 is 17.5 Å². The van der Waals surface area contributed by atoms with E-state index in [0.29, 0.717) is 5.82 Å². The van der Waals surface area contributed by atoms with Crippen molar-refractivity contribution in [2.75, 3.05) is 0 Å². The summed E-state index contributed by atoms with van der Waals surface area (Å²) in [5, 5.41) is 26.9. The number of aliphatic carboxylic acids is 1. The molecule has 0 saturated heterocycles. The second-order valence-electron chi connectivity index (χ2n) is 3.72. The Morgan fingerprint density at radius 1 is 1.33 bits per heavy atom. The molecule has 18 heavy (non-hydrogen) atoms. The molecule has 3 N–H and O–H groups in total. The van der Waals surface area contributed by atoms with Gasteiger partial charge in [0.2, 0.25) is 0 Å². The number of aryl methyl sites for hydroxylation is 1. The lowest BCUT2D eigenvalue weighted by atomic mass is 10.3. The van der Waals surface area contributed by atoms with E-state index in [1.54, 1.807) is 0 Å². The highest BCUT2D eigenvalue weighted by atomic mass is 16.4. The lowest BCUT2D eigenvalue weighted by Gasteiger charge is -1.99. The maximum atomic E-state index is 11.0. The summed E-state index contributed by atoms with van der Waals surface area (Å²) in [6.07, 6.45) is 1.44. The van der Waals surface area contributed by atoms with E-state index in [-0.39, 0.29) is 29.8 Å². The van der Waals surface area contributed by atoms with Crippen LogP contribution >= 0.6 is 0 Å². The molecule has 7 nitrogen and oxygen atoms in total. The van der Waals surface area contributed by atoms with E-state index in [0.717, 1.165) is 0 Å². The molecule has 7 heteroatoms. The molecule has 2 heterocycles. The van der Waals surface area contributed by atoms with E-state index in [2.05, 4.69) is 4.98 Å². The predicted molar refractivity (Wildman–Crippen MR) is 59.8 cm³/mol. The number of aromatic nitrogens is 2. The molecule has 0 aliphatic carbocycles. The van der Waals surface area contributed by atoms with Gasteiger partial charge in [0.15, 0.2) is 5.69 Å². The van der Waals surface area contributed by atoms with Gasteiger partial charge in [-0.3, -0.25) is 4.79 Å². The molecule has 0 aliphatic heterocycles. The Kier molecular flexibility index (Phi) is 2.88. The summed E-state index contributed by atoms with van der Waals surface area (Å²) >= 11 is 0. The van der Waals surface area contributed by atoms with Crippen LogP contribution in [0.3, 0.4) is 0 Å². The number of nitrogens with zero attached hydrogens (tertiary/aromatic N) is 2. The molecule has 0 unspecified atom stereocenters. The molecule has 2 aromatic rings. The number of aromatic carboxylic acids is 1. The van der Waals surface area contributed by atoms with Crippen LogP contribution in [0.25, 0.3) is 5.52 Å². The van der Waals surface area contributed by atoms with Gasteiger partial charge in [-0.05, 0) is 6.07 Å². The van der Waals surface area contributed by atoms with Gasteiger partial charge in [-0.15, -0.1) is 0 Å². The minimum Gasteiger partial charge on any atom is -0.508 e. The van der Waals surface area contributed by atoms with Gasteiger partial charge in [-0.1, -0.05) is 0 Å². The first-order chi connectivity index (χ1) is 8.49. The third-order valence-electron chi connectivity index (χ3n) is 2.47. The standard InChI is InChI=1S/C11H10N2O5/c14-6-3-4-13-7(5-6)10(11(17)18)12-8(13)1-2-9(15)16/h3-5,14H,1-2H2,(H,15,16)(H,17,18). The molecule has 94 valence electrons. The number of rotatable bonds is 4. The van der Waals surface area contributed by atoms with Crippen molar-refractivity contribution < 1.29 is 24.9 Å². The van der Waals surface area contributed by atoms with Gasteiger partial charge in [0, 0.05) is 18.7 Å². The van der Waals surface area contributed by atoms with Crippen LogP contribution in [0.4, 0.5) is 0 Å². The fourth-order valence-corrected chi connectivity index (χ4v) is 1.69. The molecule has 0 spiro atoms. The zero-order valence-electron chi connectivity index (χ0n) is 9.20. The van der Waals surface area contributed by atoms with Gasteiger partial charge in [0.1, 0.15) is 11.6 Å². The van der Waals surface area contributed by atoms with Crippen LogP contribution in [-0.2, 0) is 11.2 Å². The largest absolute Gasteiger partial charge is 0.508 e. The van der Waals surface area contributed by atoms with Crippen LogP contribution in [0.2, 0.25) is 0 Å². The Hall–Kier alpha value is -2.57. The third kappa shape index (κ3) is 2.10. The molecular formula is C11H10N2O5. The fourth-order valence-electron chi connectivity index (χ4n) is 1.69. The number of fused-ring (bicyclic) bond motifs is 1. The average molecular weight is 250 g/mol. The number of carboxylic acid groups (broad SMARTS) is 2. The fraction of sp³-hybridized carbons (Fsp3) is 0.182. The Morgan fingerprint density at radius 3 is 2.67 bits per heavy atom. The molecule has 0 bridgehead atoms. The zero-order chi connectivity index (χ0) is 13.3. The number of carboxylic acids is 2. The molecule has 2 aromatic heterocycles. The van der Waals surface area contributed by atoms with E-state index in [9.17, 15) is 14.7 Å². The number of aromatic hydroxyl groups is 1. The van der Waals surface area contributed by atoms with Gasteiger partial charge < -0.3 is 19.7 Å². The molecule has 0 saturated carbocycles. The lowest BCUT2D eigenvalue weighted by molar-refractivity contribution is -0.137. The van der Waals surface area contributed by atoms with Crippen molar-refractivity contribution in [3.8, 4) is 5.75 Å². The molecular weight excluding hydrogens is 240 g/mol. The quantitative estimate of drug-likeness (QED) is 0.738. The zero-order valence-corrected chi connectivity index (χ0v) is 9.20. The summed E-state index contributed by atoms with van der Waals surface area (Å²) in [5.41, 5.74) is 0.0363. The summed E-state index contributed by atoms with van der Waals surface area (Å²) in [4.78, 5) is 25.4. The second kappa shape index (κ2) is 4.36. The SMILES string of the molecule is O=C(O)CCc1nc(C(=O)O)c2cc(O)ccn12. The third-order valence-corrected chi connectivity index (χ3v) is 2.47. The van der Waals surface area contributed by atoms with Crippen LogP contribution in [0, 0.1) is 0 Å². The van der Waals surface area contributed by atoms with E-state index >= 15 is 0 Å². The topological polar surface area (TPSA) is 112 Å². The first-order valence-corrected chi connectivity index (χ1v) is 5.14. The molecule has 0 aliphatic rings. The maximum Gasteiger partial charge on any atom is 0.356 e. The summed E-state index contributed by atoms with van der Waals surface area (Å²) in [5.74, 6) is -1.94. The Morgan fingerprint density at radius 2 is 2.06 bits per heavy atom. The summed E-state index contributed by atoms with van der Waals surface area (Å²) in [6, 6.07) is 2.66. The highest BCUT2D eigenvalue weighted by Crippen LogP contribution is 2.19. The number of hydrogen-bond donors (Lipinski definition) is 3. The molecule has 0 fully saturated rings. The van der Waals surface area contributed by atoms with Gasteiger partial charge >= 0.3 is 11.9 Å². The van der Waals surface area contributed by atoms with Gasteiger partial charge in [-0.25, -0.2) is 9.78 Å². The Bertz CT molecular complexity index is 632. The Balaban J connectivity index is 2.54. The predicted octanol–water partition coefficient (Wildman–Crippen LogP) is 0.755. The van der Waals surface area contributed by atoms with Crippen molar-refractivity contribution in [2.24, 2.45) is 0 Å². The highest BCUT2D eigenvalue weighted by Gasteiger charge is 2.17. The van der Waals surface area contributed by atoms with Crippen LogP contribution in [0.5, 0.6) is 5.75 Å². The van der Waals surface area contributed by atoms with Crippen LogP contribution in [0.15, 0.2) is 18.3 Å².